The number of anilines is 1. The van der Waals surface area contributed by atoms with Crippen LogP contribution in [-0.4, -0.2) is 61.7 Å². The van der Waals surface area contributed by atoms with Gasteiger partial charge in [-0.1, -0.05) is 5.16 Å². The number of nitrogens with one attached hydrogen (secondary N) is 1. The number of oxime groups is 1. The Morgan fingerprint density at radius 2 is 2.10 bits per heavy atom. The van der Waals surface area contributed by atoms with E-state index in [1.54, 1.807) is 19.2 Å². The molecule has 168 valence electrons. The molecule has 31 heavy (non-hydrogen) atoms. The fraction of sp³-hybridized carbons (Fsp3) is 0.632. The van der Waals surface area contributed by atoms with Gasteiger partial charge in [0.05, 0.1) is 23.4 Å². The van der Waals surface area contributed by atoms with Gasteiger partial charge in [0, 0.05) is 16.5 Å². The van der Waals surface area contributed by atoms with E-state index < -0.39 is 34.1 Å². The molecule has 3 N–H and O–H groups in total. The van der Waals surface area contributed by atoms with Crippen molar-refractivity contribution < 1.29 is 24.3 Å². The normalized spacial score (nSPS) is 28.1. The van der Waals surface area contributed by atoms with Gasteiger partial charge in [0.1, 0.15) is 11.8 Å². The maximum Gasteiger partial charge on any atom is 0.275 e. The quantitative estimate of drug-likeness (QED) is 0.442. The van der Waals surface area contributed by atoms with Crippen LogP contribution in [0.25, 0.3) is 0 Å². The highest BCUT2D eigenvalue weighted by Gasteiger charge is 2.57. The van der Waals surface area contributed by atoms with Gasteiger partial charge in [-0.15, -0.1) is 23.1 Å². The molecular formula is C19H24N5O5S2-. The summed E-state index contributed by atoms with van der Waals surface area (Å²) in [7, 11) is 0. The van der Waals surface area contributed by atoms with Gasteiger partial charge in [-0.25, -0.2) is 4.98 Å². The van der Waals surface area contributed by atoms with Crippen molar-refractivity contribution in [3.8, 4) is 0 Å². The molecule has 3 heterocycles. The van der Waals surface area contributed by atoms with Crippen LogP contribution in [0.1, 0.15) is 51.6 Å². The number of aromatic nitrogens is 1. The van der Waals surface area contributed by atoms with Crippen molar-refractivity contribution in [3.05, 3.63) is 11.1 Å². The van der Waals surface area contributed by atoms with Gasteiger partial charge < -0.3 is 30.7 Å². The number of hydrogen-bond donors (Lipinski definition) is 2. The van der Waals surface area contributed by atoms with Crippen molar-refractivity contribution in [1.29, 1.82) is 0 Å². The molecule has 4 rings (SSSR count). The highest BCUT2D eigenvalue weighted by molar-refractivity contribution is 8.01. The summed E-state index contributed by atoms with van der Waals surface area (Å²) < 4.78 is -0.742. The van der Waals surface area contributed by atoms with E-state index in [1.165, 1.54) is 28.0 Å². The lowest BCUT2D eigenvalue weighted by Gasteiger charge is -2.31. The summed E-state index contributed by atoms with van der Waals surface area (Å²) in [6, 6.07) is -1.64. The van der Waals surface area contributed by atoms with Crippen LogP contribution < -0.4 is 16.2 Å². The predicted molar refractivity (Wildman–Crippen MR) is 114 cm³/mol. The lowest BCUT2D eigenvalue weighted by atomic mass is 10.0. The van der Waals surface area contributed by atoms with Gasteiger partial charge in [-0.3, -0.25) is 9.59 Å². The molecule has 2 unspecified atom stereocenters. The smallest absolute Gasteiger partial charge is 0.275 e. The monoisotopic (exact) mass is 466 g/mol. The van der Waals surface area contributed by atoms with Crippen LogP contribution in [0.5, 0.6) is 0 Å². The number of fused-ring (bicyclic) bond motifs is 1. The van der Waals surface area contributed by atoms with Gasteiger partial charge >= 0.3 is 0 Å². The lowest BCUT2D eigenvalue weighted by molar-refractivity contribution is -0.311. The first-order chi connectivity index (χ1) is 14.7. The highest BCUT2D eigenvalue weighted by Crippen LogP contribution is 2.49. The maximum atomic E-state index is 13.1. The van der Waals surface area contributed by atoms with Gasteiger partial charge in [-0.05, 0) is 39.5 Å². The number of carbonyl (C=O) groups excluding carboxylic acids is 3. The van der Waals surface area contributed by atoms with Crippen LogP contribution in [0.2, 0.25) is 0 Å². The van der Waals surface area contributed by atoms with Crippen LogP contribution in [-0.2, 0) is 19.2 Å². The lowest BCUT2D eigenvalue weighted by Crippen LogP contribution is -2.54. The van der Waals surface area contributed by atoms with Crippen LogP contribution in [0.4, 0.5) is 5.13 Å². The van der Waals surface area contributed by atoms with E-state index in [2.05, 4.69) is 15.5 Å². The van der Waals surface area contributed by atoms with E-state index >= 15 is 0 Å². The molecule has 3 atom stereocenters. The number of amides is 2. The first-order valence-corrected chi connectivity index (χ1v) is 11.9. The van der Waals surface area contributed by atoms with Gasteiger partial charge in [-0.2, -0.15) is 0 Å². The minimum atomic E-state index is -1.30. The summed E-state index contributed by atoms with van der Waals surface area (Å²) in [6.07, 6.45) is 3.82. The second kappa shape index (κ2) is 8.30. The van der Waals surface area contributed by atoms with E-state index in [-0.39, 0.29) is 24.1 Å². The van der Waals surface area contributed by atoms with Crippen molar-refractivity contribution in [2.75, 3.05) is 5.73 Å². The molecule has 0 radical (unpaired) electrons. The van der Waals surface area contributed by atoms with Crippen LogP contribution in [0, 0.1) is 0 Å². The molecule has 3 fully saturated rings. The Kier molecular flexibility index (Phi) is 5.86. The summed E-state index contributed by atoms with van der Waals surface area (Å²) in [4.78, 5) is 48.4. The standard InChI is InChI=1S/C19H25N5O5S2/c1-19(2)14(17(27)28)24-12(25)7-10(16(24)31-19)21-15(26)13(11-8-30-18(20)22-11)23-29-9-5-3-4-6-9/h8-10,14,16H,3-7H2,1-2H3,(H2,20,22)(H,21,26)(H,27,28)/p-1/t10?,14?,16-/m0/s1. The summed E-state index contributed by atoms with van der Waals surface area (Å²) in [5.74, 6) is -2.18. The number of hydrogen-bond acceptors (Lipinski definition) is 10. The number of aliphatic carboxylic acids is 1. The molecule has 2 saturated heterocycles. The number of carboxylic acids is 1. The fourth-order valence-corrected chi connectivity index (χ4v) is 6.54. The Bertz CT molecular complexity index is 927. The SMILES string of the molecule is CC1(C)S[C@H]2C(NC(=O)C(=NOC3CCCC3)c3csc(N)n3)CC(=O)N2C1C(=O)[O-]. The van der Waals surface area contributed by atoms with Crippen LogP contribution in [0.3, 0.4) is 0 Å². The Labute approximate surface area is 187 Å². The first-order valence-electron chi connectivity index (χ1n) is 10.1. The third-order valence-electron chi connectivity index (χ3n) is 5.78. The van der Waals surface area contributed by atoms with Crippen molar-refractivity contribution in [2.45, 2.75) is 74.3 Å². The number of nitrogen functional groups attached to an aromatic ring is 1. The molecule has 0 aromatic carbocycles. The zero-order chi connectivity index (χ0) is 22.3. The maximum absolute atomic E-state index is 13.1. The third-order valence-corrected chi connectivity index (χ3v) is 8.08. The number of carboxylic acid groups (broad SMARTS) is 1. The number of thioether (sulfide) groups is 1. The van der Waals surface area contributed by atoms with E-state index in [4.69, 9.17) is 10.6 Å². The molecule has 1 aromatic rings. The fourth-order valence-electron chi connectivity index (χ4n) is 4.35. The minimum absolute atomic E-state index is 0.000761. The molecule has 3 aliphatic rings. The number of nitrogens with zero attached hydrogens (tertiary/aromatic N) is 3. The van der Waals surface area contributed by atoms with E-state index in [0.717, 1.165) is 25.7 Å². The summed E-state index contributed by atoms with van der Waals surface area (Å²) in [5, 5.41) is 20.0. The van der Waals surface area contributed by atoms with Crippen molar-refractivity contribution in [1.82, 2.24) is 15.2 Å². The topological polar surface area (TPSA) is 150 Å². The first kappa shape index (κ1) is 21.9. The molecule has 12 heteroatoms. The summed E-state index contributed by atoms with van der Waals surface area (Å²) in [6.45, 7) is 3.51. The van der Waals surface area contributed by atoms with Crippen LogP contribution >= 0.6 is 23.1 Å². The molecule has 1 aliphatic carbocycles. The Hall–Kier alpha value is -2.34. The van der Waals surface area contributed by atoms with E-state index in [1.807, 2.05) is 0 Å². The average Bonchev–Trinajstić information content (AvgIpc) is 3.43. The molecule has 1 saturated carbocycles. The number of nitrogens with two attached hydrogens (primary N) is 1. The number of thiazole rings is 1. The molecule has 10 nitrogen and oxygen atoms in total. The van der Waals surface area contributed by atoms with Gasteiger partial charge in [0.15, 0.2) is 10.8 Å². The van der Waals surface area contributed by atoms with Crippen molar-refractivity contribution in [3.63, 3.8) is 0 Å². The Balaban J connectivity index is 1.54. The summed E-state index contributed by atoms with van der Waals surface area (Å²) in [5.41, 5.74) is 6.01. The molecule has 0 bridgehead atoms. The highest BCUT2D eigenvalue weighted by atomic mass is 32.2. The molecule has 2 aliphatic heterocycles. The van der Waals surface area contributed by atoms with Crippen LogP contribution in [0.15, 0.2) is 10.5 Å². The summed E-state index contributed by atoms with van der Waals surface area (Å²) >= 11 is 2.52. The average molecular weight is 467 g/mol. The van der Waals surface area contributed by atoms with E-state index in [9.17, 15) is 19.5 Å². The number of rotatable bonds is 6. The second-order valence-corrected chi connectivity index (χ2v) is 11.1. The zero-order valence-electron chi connectivity index (χ0n) is 17.2. The van der Waals surface area contributed by atoms with Gasteiger partial charge in [0.25, 0.3) is 5.91 Å². The molecular weight excluding hydrogens is 442 g/mol. The molecule has 2 amide bonds. The minimum Gasteiger partial charge on any atom is -0.548 e. The molecule has 1 aromatic heterocycles. The zero-order valence-corrected chi connectivity index (χ0v) is 18.8. The Morgan fingerprint density at radius 1 is 1.39 bits per heavy atom. The van der Waals surface area contributed by atoms with E-state index in [0.29, 0.717) is 10.8 Å². The third kappa shape index (κ3) is 4.22. The van der Waals surface area contributed by atoms with Crippen molar-refractivity contribution in [2.24, 2.45) is 5.16 Å². The largest absolute Gasteiger partial charge is 0.548 e. The predicted octanol–water partition coefficient (Wildman–Crippen LogP) is 0.0757. The Morgan fingerprint density at radius 3 is 2.71 bits per heavy atom. The van der Waals surface area contributed by atoms with Gasteiger partial charge in [0.2, 0.25) is 5.91 Å². The number of carbonyl (C=O) groups is 3. The van der Waals surface area contributed by atoms with Crippen molar-refractivity contribution >= 4 is 51.7 Å². The second-order valence-electron chi connectivity index (χ2n) is 8.44. The molecule has 0 spiro atoms.